The Hall–Kier alpha value is -6.96. The number of ether oxygens (including phenoxy) is 4. The molecule has 0 bridgehead atoms. The number of β-amino-alcohol motifs (C(OH)–C–C–N with tert-alkyl or cyclic N) is 1. The number of rotatable bonds is 26. The lowest BCUT2D eigenvalue weighted by atomic mass is 10.0. The van der Waals surface area contributed by atoms with Crippen LogP contribution < -0.4 is 24.6 Å². The first kappa shape index (κ1) is 60.1. The summed E-state index contributed by atoms with van der Waals surface area (Å²) < 4.78 is 65.2. The largest absolute Gasteiger partial charge is 0.494 e. The van der Waals surface area contributed by atoms with Gasteiger partial charge in [0.05, 0.1) is 58.3 Å². The zero-order valence-electron chi connectivity index (χ0n) is 46.1. The number of carbonyl (C=O) groups is 4. The number of thiazole rings is 1. The van der Waals surface area contributed by atoms with E-state index in [0.29, 0.717) is 68.9 Å². The molecule has 2 N–H and O–H groups in total. The Labute approximate surface area is 479 Å². The van der Waals surface area contributed by atoms with E-state index in [-0.39, 0.29) is 48.0 Å². The summed E-state index contributed by atoms with van der Waals surface area (Å²) in [6.45, 7) is 12.7. The molecule has 0 radical (unpaired) electrons. The van der Waals surface area contributed by atoms with Crippen LogP contribution in [0, 0.1) is 24.2 Å². The molecule has 3 aliphatic rings. The Bertz CT molecular complexity index is 3110. The fourth-order valence-corrected chi connectivity index (χ4v) is 11.7. The number of aromatic nitrogens is 1. The first-order valence-corrected chi connectivity index (χ1v) is 28.6. The summed E-state index contributed by atoms with van der Waals surface area (Å²) in [7, 11) is 0. The molecule has 4 aromatic carbocycles. The van der Waals surface area contributed by atoms with E-state index in [1.165, 1.54) is 22.3 Å². The number of carbonyl (C=O) groups excluding carboxylic acids is 4. The fraction of sp³-hybridized carbons (Fsp3) is 0.450. The van der Waals surface area contributed by atoms with E-state index in [4.69, 9.17) is 31.2 Å². The number of nitrogens with one attached hydrogen (secondary N) is 1. The number of anilines is 2. The molecule has 0 aliphatic carbocycles. The Balaban J connectivity index is 0.710. The zero-order valence-corrected chi connectivity index (χ0v) is 47.8. The summed E-state index contributed by atoms with van der Waals surface area (Å²) in [6.07, 6.45) is -0.809. The van der Waals surface area contributed by atoms with Crippen molar-refractivity contribution in [3.63, 3.8) is 0 Å². The number of hydrogen-bond acceptors (Lipinski definition) is 13. The molecule has 2 fully saturated rings. The van der Waals surface area contributed by atoms with Crippen molar-refractivity contribution in [1.29, 1.82) is 5.26 Å². The molecule has 8 rings (SSSR count). The molecule has 0 spiro atoms. The maximum Gasteiger partial charge on any atom is 0.417 e. The normalized spacial score (nSPS) is 17.3. The topological polar surface area (TPSA) is 187 Å². The van der Waals surface area contributed by atoms with E-state index in [2.05, 4.69) is 10.3 Å². The summed E-state index contributed by atoms with van der Waals surface area (Å²) in [6, 6.07) is 23.1. The molecule has 4 amide bonds. The number of nitrogens with zero attached hydrogens (tertiary/aromatic N) is 6. The highest BCUT2D eigenvalue weighted by molar-refractivity contribution is 7.81. The van der Waals surface area contributed by atoms with E-state index in [1.807, 2.05) is 51.1 Å². The molecule has 0 unspecified atom stereocenters. The van der Waals surface area contributed by atoms with Gasteiger partial charge in [0, 0.05) is 69.3 Å². The Morgan fingerprint density at radius 1 is 0.889 bits per heavy atom. The summed E-state index contributed by atoms with van der Waals surface area (Å²) in [5.41, 5.74) is 3.42. The number of aliphatic hydroxyl groups excluding tert-OH is 1. The predicted octanol–water partition coefficient (Wildman–Crippen LogP) is 10.0. The predicted molar refractivity (Wildman–Crippen MR) is 305 cm³/mol. The fourth-order valence-electron chi connectivity index (χ4n) is 10.4. The van der Waals surface area contributed by atoms with E-state index >= 15 is 0 Å². The number of unbranched alkanes of at least 4 members (excludes halogenated alkanes) is 3. The second-order valence-corrected chi connectivity index (χ2v) is 22.4. The lowest BCUT2D eigenvalue weighted by Crippen LogP contribution is -2.55. The van der Waals surface area contributed by atoms with Gasteiger partial charge in [0.25, 0.3) is 11.8 Å². The number of likely N-dealkylation sites (tertiary alicyclic amines) is 1. The van der Waals surface area contributed by atoms with Crippen LogP contribution in [0.4, 0.5) is 24.5 Å². The Morgan fingerprint density at radius 2 is 1.53 bits per heavy atom. The molecule has 21 heteroatoms. The number of nitriles is 1. The third-order valence-corrected chi connectivity index (χ3v) is 16.0. The number of aliphatic hydroxyl groups is 1. The van der Waals surface area contributed by atoms with Crippen molar-refractivity contribution in [2.24, 2.45) is 5.92 Å². The third kappa shape index (κ3) is 14.0. The van der Waals surface area contributed by atoms with Crippen molar-refractivity contribution in [2.45, 2.75) is 123 Å². The van der Waals surface area contributed by atoms with Crippen LogP contribution in [-0.2, 0) is 43.1 Å². The molecule has 4 heterocycles. The minimum Gasteiger partial charge on any atom is -0.494 e. The van der Waals surface area contributed by atoms with Gasteiger partial charge in [-0.3, -0.25) is 24.1 Å². The molecule has 0 saturated carbocycles. The van der Waals surface area contributed by atoms with Crippen molar-refractivity contribution in [2.75, 3.05) is 56.0 Å². The van der Waals surface area contributed by atoms with Gasteiger partial charge >= 0.3 is 6.18 Å². The maximum absolute atomic E-state index is 14.3. The molecule has 81 heavy (non-hydrogen) atoms. The van der Waals surface area contributed by atoms with Crippen LogP contribution in [0.15, 0.2) is 90.4 Å². The van der Waals surface area contributed by atoms with Gasteiger partial charge in [0.15, 0.2) is 5.11 Å². The van der Waals surface area contributed by atoms with Gasteiger partial charge in [0.1, 0.15) is 29.1 Å². The molecule has 5 aromatic rings. The highest BCUT2D eigenvalue weighted by atomic mass is 32.1. The average molecular weight is 1150 g/mol. The van der Waals surface area contributed by atoms with Crippen LogP contribution in [0.25, 0.3) is 10.4 Å². The van der Waals surface area contributed by atoms with Gasteiger partial charge in [-0.25, -0.2) is 4.98 Å². The number of thiocarbonyl (C=S) groups is 1. The number of hydrogen-bond donors (Lipinski definition) is 2. The number of halogens is 3. The average Bonchev–Trinajstić information content (AvgIpc) is 4.39. The van der Waals surface area contributed by atoms with Gasteiger partial charge in [-0.2, -0.15) is 18.4 Å². The summed E-state index contributed by atoms with van der Waals surface area (Å²) in [4.78, 5) is 66.3. The van der Waals surface area contributed by atoms with Gasteiger partial charge in [-0.1, -0.05) is 44.2 Å². The second kappa shape index (κ2) is 26.7. The van der Waals surface area contributed by atoms with Crippen molar-refractivity contribution in [1.82, 2.24) is 20.1 Å². The molecule has 430 valence electrons. The first-order chi connectivity index (χ1) is 38.8. The minimum absolute atomic E-state index is 0.00511. The number of benzene rings is 4. The SMILES string of the molecule is Cc1ncsc1-c1ccc(CNC(=O)[C@@H]2C[C@@H](O)CN2C(=O)[C@H](C(C)C)N2Cc3ccccc3C2=O)c(OCCCCOCCCCOCCCCOc2ccc(N3C(=S)N(c4ccc(C#N)c(C(F)(F)F)c4)C(=O)C3(C)C)cc2)c1. The quantitative estimate of drug-likeness (QED) is 0.0394. The zero-order chi connectivity index (χ0) is 58.0. The van der Waals surface area contributed by atoms with Gasteiger partial charge < -0.3 is 44.1 Å². The lowest BCUT2D eigenvalue weighted by molar-refractivity contribution is -0.143. The smallest absolute Gasteiger partial charge is 0.417 e. The first-order valence-electron chi connectivity index (χ1n) is 27.3. The number of fused-ring (bicyclic) bond motifs is 1. The van der Waals surface area contributed by atoms with E-state index < -0.39 is 52.8 Å². The van der Waals surface area contributed by atoms with Crippen molar-refractivity contribution in [3.05, 3.63) is 124 Å². The molecular formula is C60H68F3N7O9S2. The summed E-state index contributed by atoms with van der Waals surface area (Å²) >= 11 is 7.18. The van der Waals surface area contributed by atoms with Crippen LogP contribution in [0.2, 0.25) is 0 Å². The molecular weight excluding hydrogens is 1080 g/mol. The summed E-state index contributed by atoms with van der Waals surface area (Å²) in [5, 5.41) is 23.0. The second-order valence-electron chi connectivity index (χ2n) is 21.2. The third-order valence-electron chi connectivity index (χ3n) is 14.6. The molecule has 2 saturated heterocycles. The lowest BCUT2D eigenvalue weighted by Gasteiger charge is -2.35. The van der Waals surface area contributed by atoms with Crippen LogP contribution in [0.5, 0.6) is 11.5 Å². The highest BCUT2D eigenvalue weighted by Gasteiger charge is 2.51. The van der Waals surface area contributed by atoms with E-state index in [0.717, 1.165) is 82.8 Å². The molecule has 16 nitrogen and oxygen atoms in total. The van der Waals surface area contributed by atoms with E-state index in [1.54, 1.807) is 71.6 Å². The monoisotopic (exact) mass is 1150 g/mol. The molecule has 3 aliphatic heterocycles. The van der Waals surface area contributed by atoms with Crippen LogP contribution >= 0.6 is 23.6 Å². The Morgan fingerprint density at radius 3 is 2.15 bits per heavy atom. The maximum atomic E-state index is 14.3. The number of aryl methyl sites for hydroxylation is 1. The van der Waals surface area contributed by atoms with E-state index in [9.17, 15) is 42.7 Å². The van der Waals surface area contributed by atoms with Crippen molar-refractivity contribution < 1.29 is 56.4 Å². The summed E-state index contributed by atoms with van der Waals surface area (Å²) in [5.74, 6) is -0.485. The van der Waals surface area contributed by atoms with Gasteiger partial charge in [-0.15, -0.1) is 11.3 Å². The van der Waals surface area contributed by atoms with Crippen LogP contribution in [0.3, 0.4) is 0 Å². The van der Waals surface area contributed by atoms with Crippen LogP contribution in [0.1, 0.15) is 111 Å². The standard InChI is InChI=1S/C60H68F3N7O9S2/c1-38(2)52(68-35-43-14-6-7-15-48(43)55(68)73)56(74)67-36-46(71)32-50(67)54(72)65-34-42-17-16-40(53-39(3)66-37-81-53)30-51(42)79-29-13-11-27-77-25-9-8-24-76-26-10-12-28-78-47-22-20-44(21-23-47)70-58(80)69(57(75)59(70,4)5)45-19-18-41(33-64)49(31-45)60(61,62)63/h6-7,14-23,30-31,37-38,46,50,52,71H,8-13,24-29,32,34-36H2,1-5H3,(H,65,72)/t46-,50+,52+/m1/s1. The number of amides is 4. The number of alkyl halides is 3. The van der Waals surface area contributed by atoms with Crippen molar-refractivity contribution in [3.8, 4) is 28.0 Å². The molecule has 3 atom stereocenters. The highest BCUT2D eigenvalue weighted by Crippen LogP contribution is 2.41. The van der Waals surface area contributed by atoms with Gasteiger partial charge in [0.2, 0.25) is 11.8 Å². The minimum atomic E-state index is -4.79. The molecule has 1 aromatic heterocycles. The van der Waals surface area contributed by atoms with Crippen LogP contribution in [-0.4, -0.2) is 119 Å². The van der Waals surface area contributed by atoms with Gasteiger partial charge in [-0.05, 0) is 143 Å². The Kier molecular flexibility index (Phi) is 19.9. The van der Waals surface area contributed by atoms with Crippen molar-refractivity contribution >= 4 is 63.7 Å².